The maximum Gasteiger partial charge on any atom is 0.321 e. The molecule has 30 heavy (non-hydrogen) atoms. The Morgan fingerprint density at radius 3 is 2.37 bits per heavy atom. The van der Waals surface area contributed by atoms with Gasteiger partial charge >= 0.3 is 5.97 Å². The fraction of sp³-hybridized carbons (Fsp3) is 0.111. The molecule has 0 aliphatic carbocycles. The minimum atomic E-state index is -3.94. The molecule has 160 valence electrons. The van der Waals surface area contributed by atoms with Crippen LogP contribution in [0, 0.1) is 0 Å². The van der Waals surface area contributed by atoms with Crippen molar-refractivity contribution in [2.75, 3.05) is 18.5 Å². The Hall–Kier alpha value is -3.06. The van der Waals surface area contributed by atoms with Crippen molar-refractivity contribution in [2.45, 2.75) is 4.90 Å². The molecule has 4 N–H and O–H groups in total. The first-order valence-corrected chi connectivity index (χ1v) is 11.5. The van der Waals surface area contributed by atoms with Gasteiger partial charge in [0.25, 0.3) is 5.91 Å². The Morgan fingerprint density at radius 1 is 1.00 bits per heavy atom. The van der Waals surface area contributed by atoms with E-state index in [4.69, 9.17) is 5.14 Å². The lowest BCUT2D eigenvalue weighted by Gasteiger charge is -2.08. The molecule has 2 aromatic rings. The zero-order valence-electron chi connectivity index (χ0n) is 15.5. The largest absolute Gasteiger partial charge is 0.455 e. The van der Waals surface area contributed by atoms with E-state index in [0.29, 0.717) is 5.56 Å². The van der Waals surface area contributed by atoms with E-state index in [-0.39, 0.29) is 10.6 Å². The van der Waals surface area contributed by atoms with Gasteiger partial charge in [0.15, 0.2) is 6.61 Å². The van der Waals surface area contributed by atoms with Crippen LogP contribution in [-0.2, 0) is 34.4 Å². The van der Waals surface area contributed by atoms with E-state index in [1.807, 2.05) is 4.72 Å². The predicted molar refractivity (Wildman–Crippen MR) is 110 cm³/mol. The van der Waals surface area contributed by atoms with Crippen molar-refractivity contribution in [2.24, 2.45) is 5.14 Å². The molecule has 0 atom stereocenters. The van der Waals surface area contributed by atoms with Gasteiger partial charge in [-0.2, -0.15) is 0 Å². The van der Waals surface area contributed by atoms with Crippen molar-refractivity contribution in [1.82, 2.24) is 4.72 Å². The molecule has 0 radical (unpaired) electrons. The van der Waals surface area contributed by atoms with Crippen LogP contribution in [0.25, 0.3) is 6.08 Å². The molecular weight excluding hydrogens is 434 g/mol. The molecule has 12 heteroatoms. The molecule has 2 rings (SSSR count). The lowest BCUT2D eigenvalue weighted by molar-refractivity contribution is -0.146. The van der Waals surface area contributed by atoms with E-state index >= 15 is 0 Å². The second-order valence-corrected chi connectivity index (χ2v) is 9.07. The fourth-order valence-electron chi connectivity index (χ4n) is 2.08. The number of carbonyl (C=O) groups is 2. The number of rotatable bonds is 9. The second-order valence-electron chi connectivity index (χ2n) is 5.86. The van der Waals surface area contributed by atoms with Gasteiger partial charge < -0.3 is 10.1 Å². The summed E-state index contributed by atoms with van der Waals surface area (Å²) < 4.78 is 53.0. The van der Waals surface area contributed by atoms with Gasteiger partial charge in [-0.1, -0.05) is 36.4 Å². The predicted octanol–water partition coefficient (Wildman–Crippen LogP) is 0.406. The molecular formula is C18H19N3O7S2. The number of primary sulfonamides is 1. The SMILES string of the molecule is NS(=O)(=O)c1cccc(NC(=O)COC(=O)CNS(=O)(=O)/C=C/c2ccccc2)c1. The number of ether oxygens (including phenoxy) is 1. The van der Waals surface area contributed by atoms with E-state index in [1.54, 1.807) is 30.3 Å². The third kappa shape index (κ3) is 8.13. The number of amides is 1. The van der Waals surface area contributed by atoms with Crippen molar-refractivity contribution in [1.29, 1.82) is 0 Å². The minimum Gasteiger partial charge on any atom is -0.455 e. The minimum absolute atomic E-state index is 0.134. The summed E-state index contributed by atoms with van der Waals surface area (Å²) >= 11 is 0. The highest BCUT2D eigenvalue weighted by molar-refractivity contribution is 7.92. The van der Waals surface area contributed by atoms with Crippen LogP contribution in [0.3, 0.4) is 0 Å². The molecule has 0 spiro atoms. The van der Waals surface area contributed by atoms with Crippen molar-refractivity contribution in [3.63, 3.8) is 0 Å². The van der Waals surface area contributed by atoms with Crippen molar-refractivity contribution in [3.05, 3.63) is 65.6 Å². The number of hydrogen-bond acceptors (Lipinski definition) is 7. The smallest absolute Gasteiger partial charge is 0.321 e. The number of nitrogens with two attached hydrogens (primary N) is 1. The van der Waals surface area contributed by atoms with Gasteiger partial charge in [-0.25, -0.2) is 26.7 Å². The topological polar surface area (TPSA) is 162 Å². The third-order valence-corrected chi connectivity index (χ3v) is 5.42. The first kappa shape index (κ1) is 23.2. The number of benzene rings is 2. The molecule has 0 aliphatic heterocycles. The van der Waals surface area contributed by atoms with Gasteiger partial charge in [-0.15, -0.1) is 0 Å². The van der Waals surface area contributed by atoms with Crippen molar-refractivity contribution < 1.29 is 31.2 Å². The van der Waals surface area contributed by atoms with Gasteiger partial charge in [0.2, 0.25) is 20.0 Å². The average Bonchev–Trinajstić information content (AvgIpc) is 2.70. The van der Waals surface area contributed by atoms with Gasteiger partial charge in [-0.05, 0) is 29.8 Å². The van der Waals surface area contributed by atoms with Crippen LogP contribution < -0.4 is 15.2 Å². The molecule has 0 saturated carbocycles. The van der Waals surface area contributed by atoms with E-state index < -0.39 is 45.1 Å². The van der Waals surface area contributed by atoms with E-state index in [0.717, 1.165) is 11.5 Å². The molecule has 0 bridgehead atoms. The van der Waals surface area contributed by atoms with E-state index in [1.165, 1.54) is 24.3 Å². The van der Waals surface area contributed by atoms with Crippen LogP contribution in [0.2, 0.25) is 0 Å². The Kier molecular flexibility index (Phi) is 7.83. The fourth-order valence-corrected chi connectivity index (χ4v) is 3.40. The zero-order valence-corrected chi connectivity index (χ0v) is 17.1. The summed E-state index contributed by atoms with van der Waals surface area (Å²) in [6.45, 7) is -1.37. The Balaban J connectivity index is 1.80. The monoisotopic (exact) mass is 453 g/mol. The lowest BCUT2D eigenvalue weighted by atomic mass is 10.2. The van der Waals surface area contributed by atoms with Crippen LogP contribution in [0.5, 0.6) is 0 Å². The summed E-state index contributed by atoms with van der Waals surface area (Å²) in [5, 5.41) is 8.25. The van der Waals surface area contributed by atoms with Gasteiger partial charge in [0.1, 0.15) is 6.54 Å². The second kappa shape index (κ2) is 10.1. The number of carbonyl (C=O) groups excluding carboxylic acids is 2. The number of nitrogens with one attached hydrogen (secondary N) is 2. The van der Waals surface area contributed by atoms with Crippen LogP contribution >= 0.6 is 0 Å². The van der Waals surface area contributed by atoms with Gasteiger partial charge in [0.05, 0.1) is 4.90 Å². The first-order chi connectivity index (χ1) is 14.0. The standard InChI is InChI=1S/C18H19N3O7S2/c19-30(26,27)16-8-4-7-15(11-16)21-17(22)13-28-18(23)12-20-29(24,25)10-9-14-5-2-1-3-6-14/h1-11,20H,12-13H2,(H,21,22)(H2,19,26,27)/b10-9+. The third-order valence-electron chi connectivity index (χ3n) is 3.47. The molecule has 10 nitrogen and oxygen atoms in total. The molecule has 0 aromatic heterocycles. The number of esters is 1. The molecule has 1 amide bonds. The highest BCUT2D eigenvalue weighted by atomic mass is 32.2. The summed E-state index contributed by atoms with van der Waals surface area (Å²) in [6, 6.07) is 13.9. The summed E-state index contributed by atoms with van der Waals surface area (Å²) in [5.74, 6) is -1.72. The summed E-state index contributed by atoms with van der Waals surface area (Å²) in [4.78, 5) is 23.3. The molecule has 0 saturated heterocycles. The van der Waals surface area contributed by atoms with Gasteiger partial charge in [-0.3, -0.25) is 9.59 Å². The highest BCUT2D eigenvalue weighted by Gasteiger charge is 2.13. The summed E-state index contributed by atoms with van der Waals surface area (Å²) in [7, 11) is -7.82. The Bertz CT molecular complexity index is 1150. The first-order valence-electron chi connectivity index (χ1n) is 8.36. The van der Waals surface area contributed by atoms with Gasteiger partial charge in [0, 0.05) is 11.1 Å². The van der Waals surface area contributed by atoms with E-state index in [9.17, 15) is 26.4 Å². The quantitative estimate of drug-likeness (QED) is 0.463. The number of hydrogen-bond donors (Lipinski definition) is 3. The summed E-state index contributed by atoms with van der Waals surface area (Å²) in [5.41, 5.74) is 0.794. The van der Waals surface area contributed by atoms with Crippen LogP contribution in [0.4, 0.5) is 5.69 Å². The van der Waals surface area contributed by atoms with Crippen molar-refractivity contribution in [3.8, 4) is 0 Å². The molecule has 2 aromatic carbocycles. The van der Waals surface area contributed by atoms with Crippen LogP contribution in [0.1, 0.15) is 5.56 Å². The number of anilines is 1. The molecule has 0 fully saturated rings. The average molecular weight is 453 g/mol. The normalized spacial score (nSPS) is 11.9. The lowest BCUT2D eigenvalue weighted by Crippen LogP contribution is -2.31. The Morgan fingerprint density at radius 2 is 1.70 bits per heavy atom. The van der Waals surface area contributed by atoms with Crippen LogP contribution in [-0.4, -0.2) is 41.9 Å². The molecule has 0 aliphatic rings. The Labute approximate surface area is 173 Å². The number of sulfonamides is 2. The maximum atomic E-state index is 11.9. The summed E-state index contributed by atoms with van der Waals surface area (Å²) in [6.07, 6.45) is 1.36. The van der Waals surface area contributed by atoms with E-state index in [2.05, 4.69) is 10.1 Å². The van der Waals surface area contributed by atoms with Crippen molar-refractivity contribution >= 4 is 43.7 Å². The molecule has 0 unspecified atom stereocenters. The molecule has 0 heterocycles. The maximum absolute atomic E-state index is 11.9. The zero-order chi connectivity index (χ0) is 22.2. The van der Waals surface area contributed by atoms with Crippen LogP contribution in [0.15, 0.2) is 64.9 Å². The highest BCUT2D eigenvalue weighted by Crippen LogP contribution is 2.13.